The van der Waals surface area contributed by atoms with Crippen LogP contribution in [0.15, 0.2) is 0 Å². The number of hydrogen-bond donors (Lipinski definition) is 5. The topological polar surface area (TPSA) is 124 Å². The summed E-state index contributed by atoms with van der Waals surface area (Å²) in [5, 5.41) is 34.3. The first kappa shape index (κ1) is 11.5. The molecule has 0 spiro atoms. The maximum absolute atomic E-state index is 10.9. The second-order valence-corrected chi connectivity index (χ2v) is 2.38. The van der Waals surface area contributed by atoms with Gasteiger partial charge in [0.2, 0.25) is 0 Å². The van der Waals surface area contributed by atoms with Crippen molar-refractivity contribution in [2.24, 2.45) is 5.73 Å². The quantitative estimate of drug-likeness (QED) is 0.299. The normalized spacial score (nSPS) is 18.4. The number of Topliss-reactive ketones (excluding diaryl/α,β-unsaturated/α-hetero) is 1. The van der Waals surface area contributed by atoms with Crippen LogP contribution in [-0.4, -0.2) is 57.7 Å². The highest BCUT2D eigenvalue weighted by Gasteiger charge is 2.26. The smallest absolute Gasteiger partial charge is 0.182 e. The molecule has 0 rings (SSSR count). The van der Waals surface area contributed by atoms with Crippen molar-refractivity contribution < 1.29 is 25.2 Å². The van der Waals surface area contributed by atoms with Gasteiger partial charge in [-0.2, -0.15) is 0 Å². The van der Waals surface area contributed by atoms with E-state index < -0.39 is 37.2 Å². The third-order valence-electron chi connectivity index (χ3n) is 1.43. The van der Waals surface area contributed by atoms with E-state index >= 15 is 0 Å². The van der Waals surface area contributed by atoms with Crippen LogP contribution in [0.25, 0.3) is 0 Å². The highest BCUT2D eigenvalue weighted by Crippen LogP contribution is 1.95. The van der Waals surface area contributed by atoms with Gasteiger partial charge in [0.05, 0.1) is 25.4 Å². The number of ketones is 1. The molecule has 0 aromatic rings. The van der Waals surface area contributed by atoms with Crippen LogP contribution in [0.2, 0.25) is 0 Å². The largest absolute Gasteiger partial charge is 0.394 e. The van der Waals surface area contributed by atoms with Gasteiger partial charge in [-0.3, -0.25) is 4.79 Å². The van der Waals surface area contributed by atoms with Crippen molar-refractivity contribution in [3.8, 4) is 0 Å². The maximum Gasteiger partial charge on any atom is 0.182 e. The van der Waals surface area contributed by atoms with E-state index in [-0.39, 0.29) is 0 Å². The van der Waals surface area contributed by atoms with Gasteiger partial charge in [-0.15, -0.1) is 0 Å². The summed E-state index contributed by atoms with van der Waals surface area (Å²) >= 11 is 0. The van der Waals surface area contributed by atoms with E-state index in [2.05, 4.69) is 0 Å². The molecule has 0 amide bonds. The van der Waals surface area contributed by atoms with E-state index in [0.717, 1.165) is 0 Å². The molecule has 6 nitrogen and oxygen atoms in total. The molecule has 0 aromatic heterocycles. The van der Waals surface area contributed by atoms with Crippen LogP contribution in [0.4, 0.5) is 0 Å². The molecular formula is C6H13NO5. The van der Waals surface area contributed by atoms with Gasteiger partial charge in [-0.05, 0) is 0 Å². The third-order valence-corrected chi connectivity index (χ3v) is 1.43. The summed E-state index contributed by atoms with van der Waals surface area (Å²) in [6, 6.07) is -1.36. The molecule has 0 bridgehead atoms. The molecule has 72 valence electrons. The predicted molar refractivity (Wildman–Crippen MR) is 39.2 cm³/mol. The Morgan fingerprint density at radius 1 is 1.25 bits per heavy atom. The fourth-order valence-electron chi connectivity index (χ4n) is 0.615. The summed E-state index contributed by atoms with van der Waals surface area (Å²) < 4.78 is 0. The van der Waals surface area contributed by atoms with Crippen molar-refractivity contribution in [1.29, 1.82) is 0 Å². The molecule has 0 aromatic carbocycles. The maximum atomic E-state index is 10.9. The van der Waals surface area contributed by atoms with Crippen molar-refractivity contribution >= 4 is 5.78 Å². The van der Waals surface area contributed by atoms with Gasteiger partial charge >= 0.3 is 0 Å². The predicted octanol–water partition coefficient (Wildman–Crippen LogP) is -3.41. The van der Waals surface area contributed by atoms with Crippen LogP contribution in [0, 0.1) is 0 Å². The van der Waals surface area contributed by atoms with Crippen molar-refractivity contribution in [3.05, 3.63) is 0 Å². The fourth-order valence-corrected chi connectivity index (χ4v) is 0.615. The third kappa shape index (κ3) is 2.84. The Labute approximate surface area is 69.2 Å². The van der Waals surface area contributed by atoms with Gasteiger partial charge in [-0.1, -0.05) is 0 Å². The summed E-state index contributed by atoms with van der Waals surface area (Å²) in [4.78, 5) is 10.9. The lowest BCUT2D eigenvalue weighted by molar-refractivity contribution is -0.133. The van der Waals surface area contributed by atoms with E-state index in [9.17, 15) is 4.79 Å². The minimum absolute atomic E-state index is 0.662. The summed E-state index contributed by atoms with van der Waals surface area (Å²) in [7, 11) is 0. The Morgan fingerprint density at radius 2 is 1.75 bits per heavy atom. The minimum Gasteiger partial charge on any atom is -0.394 e. The Balaban J connectivity index is 4.09. The van der Waals surface area contributed by atoms with Crippen LogP contribution < -0.4 is 5.73 Å². The monoisotopic (exact) mass is 179 g/mol. The number of carbonyl (C=O) groups is 1. The van der Waals surface area contributed by atoms with Crippen LogP contribution in [-0.2, 0) is 4.79 Å². The Bertz CT molecular complexity index is 151. The van der Waals surface area contributed by atoms with Gasteiger partial charge < -0.3 is 26.2 Å². The lowest BCUT2D eigenvalue weighted by Crippen LogP contribution is -2.49. The Morgan fingerprint density at radius 3 is 2.08 bits per heavy atom. The molecule has 0 heterocycles. The van der Waals surface area contributed by atoms with Gasteiger partial charge in [0.1, 0.15) is 6.10 Å². The number of aliphatic hydroxyl groups is 4. The summed E-state index contributed by atoms with van der Waals surface area (Å²) in [6.07, 6.45) is -3.00. The van der Waals surface area contributed by atoms with Crippen molar-refractivity contribution in [1.82, 2.24) is 0 Å². The van der Waals surface area contributed by atoms with Crippen molar-refractivity contribution in [2.75, 3.05) is 13.2 Å². The summed E-state index contributed by atoms with van der Waals surface area (Å²) in [5.41, 5.74) is 5.12. The van der Waals surface area contributed by atoms with Crippen LogP contribution in [0.3, 0.4) is 0 Å². The van der Waals surface area contributed by atoms with Crippen LogP contribution in [0.1, 0.15) is 0 Å². The first-order valence-electron chi connectivity index (χ1n) is 3.41. The molecule has 0 saturated heterocycles. The minimum atomic E-state index is -1.60. The fraction of sp³-hybridized carbons (Fsp3) is 0.833. The molecule has 0 radical (unpaired) electrons. The van der Waals surface area contributed by atoms with E-state index in [1.165, 1.54) is 0 Å². The lowest BCUT2D eigenvalue weighted by Gasteiger charge is -2.17. The molecule has 0 aliphatic rings. The SMILES string of the molecule is N[C@H](C(=O)[C@H](O)CO)[C@@H](O)CO. The number of carbonyl (C=O) groups excluding carboxylic acids is 1. The zero-order chi connectivity index (χ0) is 9.72. The van der Waals surface area contributed by atoms with E-state index in [0.29, 0.717) is 0 Å². The van der Waals surface area contributed by atoms with Crippen molar-refractivity contribution in [2.45, 2.75) is 18.2 Å². The Kier molecular flexibility index (Phi) is 4.95. The molecule has 0 saturated carbocycles. The summed E-state index contributed by atoms with van der Waals surface area (Å²) in [5.74, 6) is -0.890. The molecular weight excluding hydrogens is 166 g/mol. The average Bonchev–Trinajstić information content (AvgIpc) is 2.12. The van der Waals surface area contributed by atoms with Gasteiger partial charge in [0, 0.05) is 0 Å². The molecule has 0 aliphatic carbocycles. The lowest BCUT2D eigenvalue weighted by atomic mass is 10.0. The zero-order valence-corrected chi connectivity index (χ0v) is 6.42. The highest BCUT2D eigenvalue weighted by molar-refractivity contribution is 5.88. The Hall–Kier alpha value is -0.530. The van der Waals surface area contributed by atoms with E-state index in [1.54, 1.807) is 0 Å². The van der Waals surface area contributed by atoms with Crippen LogP contribution >= 0.6 is 0 Å². The van der Waals surface area contributed by atoms with E-state index in [4.69, 9.17) is 26.2 Å². The zero-order valence-electron chi connectivity index (χ0n) is 6.42. The van der Waals surface area contributed by atoms with Gasteiger partial charge in [0.15, 0.2) is 5.78 Å². The van der Waals surface area contributed by atoms with Gasteiger partial charge in [-0.25, -0.2) is 0 Å². The molecule has 6 N–H and O–H groups in total. The highest BCUT2D eigenvalue weighted by atomic mass is 16.3. The number of rotatable bonds is 5. The number of nitrogens with two attached hydrogens (primary N) is 1. The van der Waals surface area contributed by atoms with E-state index in [1.807, 2.05) is 0 Å². The second kappa shape index (κ2) is 5.18. The average molecular weight is 179 g/mol. The molecule has 0 unspecified atom stereocenters. The standard InChI is InChI=1S/C6H13NO5/c7-5(3(10)1-8)6(12)4(11)2-9/h3-5,8-11H,1-2,7H2/t3-,4+,5-/m0/s1. The second-order valence-electron chi connectivity index (χ2n) is 2.38. The summed E-state index contributed by atoms with van der Waals surface area (Å²) in [6.45, 7) is -1.41. The van der Waals surface area contributed by atoms with Crippen molar-refractivity contribution in [3.63, 3.8) is 0 Å². The van der Waals surface area contributed by atoms with Gasteiger partial charge in [0.25, 0.3) is 0 Å². The number of hydrogen-bond acceptors (Lipinski definition) is 6. The molecule has 6 heteroatoms. The molecule has 0 fully saturated rings. The number of aliphatic hydroxyl groups excluding tert-OH is 4. The first-order valence-corrected chi connectivity index (χ1v) is 3.41. The molecule has 12 heavy (non-hydrogen) atoms. The first-order chi connectivity index (χ1) is 5.54. The molecule has 0 aliphatic heterocycles. The van der Waals surface area contributed by atoms with Crippen LogP contribution in [0.5, 0.6) is 0 Å². The molecule has 3 atom stereocenters.